The van der Waals surface area contributed by atoms with Crippen molar-refractivity contribution in [3.8, 4) is 11.5 Å². The van der Waals surface area contributed by atoms with Crippen molar-refractivity contribution in [2.24, 2.45) is 0 Å². The van der Waals surface area contributed by atoms with E-state index in [-0.39, 0.29) is 11.9 Å². The molecule has 2 aromatic rings. The predicted octanol–water partition coefficient (Wildman–Crippen LogP) is 4.35. The van der Waals surface area contributed by atoms with Crippen LogP contribution < -0.4 is 9.47 Å². The zero-order valence-electron chi connectivity index (χ0n) is 14.7. The van der Waals surface area contributed by atoms with Crippen molar-refractivity contribution >= 4 is 12.0 Å². The van der Waals surface area contributed by atoms with Crippen LogP contribution in [0.5, 0.6) is 11.5 Å². The number of methoxy groups -OCH3 is 1. The molecule has 4 rings (SSSR count). The van der Waals surface area contributed by atoms with Crippen LogP contribution in [0.15, 0.2) is 66.4 Å². The Morgan fingerprint density at radius 3 is 2.96 bits per heavy atom. The maximum atomic E-state index is 13.2. The number of nitrogens with zero attached hydrogens (tertiary/aromatic N) is 1. The molecule has 0 radical (unpaired) electrons. The Morgan fingerprint density at radius 2 is 2.08 bits per heavy atom. The first-order valence-electron chi connectivity index (χ1n) is 8.85. The van der Waals surface area contributed by atoms with E-state index in [0.717, 1.165) is 42.0 Å². The summed E-state index contributed by atoms with van der Waals surface area (Å²) in [6.07, 6.45) is 7.21. The summed E-state index contributed by atoms with van der Waals surface area (Å²) in [5, 5.41) is 0. The Balaban J connectivity index is 1.64. The second-order valence-corrected chi connectivity index (χ2v) is 6.49. The van der Waals surface area contributed by atoms with Crippen LogP contribution in [0.2, 0.25) is 0 Å². The van der Waals surface area contributed by atoms with Gasteiger partial charge in [0.2, 0.25) is 0 Å². The Labute approximate surface area is 153 Å². The second kappa shape index (κ2) is 7.08. The number of amides is 1. The molecule has 0 spiro atoms. The van der Waals surface area contributed by atoms with Crippen LogP contribution in [0.1, 0.15) is 30.0 Å². The SMILES string of the molecule is COc1cccc(C2CCCN2C(=O)C2=Cc3ccccc3OC=C2)c1. The van der Waals surface area contributed by atoms with E-state index in [2.05, 4.69) is 6.07 Å². The monoisotopic (exact) mass is 347 g/mol. The zero-order valence-corrected chi connectivity index (χ0v) is 14.7. The van der Waals surface area contributed by atoms with Gasteiger partial charge in [0, 0.05) is 17.7 Å². The maximum absolute atomic E-state index is 13.2. The van der Waals surface area contributed by atoms with Crippen molar-refractivity contribution in [2.45, 2.75) is 18.9 Å². The van der Waals surface area contributed by atoms with Gasteiger partial charge in [-0.05, 0) is 48.8 Å². The fourth-order valence-electron chi connectivity index (χ4n) is 3.61. The van der Waals surface area contributed by atoms with Crippen molar-refractivity contribution in [3.05, 3.63) is 77.6 Å². The topological polar surface area (TPSA) is 38.8 Å². The molecule has 1 amide bonds. The van der Waals surface area contributed by atoms with Gasteiger partial charge in [0.1, 0.15) is 11.5 Å². The van der Waals surface area contributed by atoms with E-state index in [1.165, 1.54) is 0 Å². The molecule has 132 valence electrons. The normalized spacial score (nSPS) is 18.6. The van der Waals surface area contributed by atoms with Gasteiger partial charge in [-0.15, -0.1) is 0 Å². The first kappa shape index (κ1) is 16.5. The average molecular weight is 347 g/mol. The summed E-state index contributed by atoms with van der Waals surface area (Å²) in [5.74, 6) is 1.61. The molecule has 4 nitrogen and oxygen atoms in total. The Bertz CT molecular complexity index is 884. The number of rotatable bonds is 3. The lowest BCUT2D eigenvalue weighted by molar-refractivity contribution is -0.127. The molecule has 0 bridgehead atoms. The van der Waals surface area contributed by atoms with Crippen molar-refractivity contribution < 1.29 is 14.3 Å². The Kier molecular flexibility index (Phi) is 4.48. The number of benzene rings is 2. The van der Waals surface area contributed by atoms with Gasteiger partial charge in [0.25, 0.3) is 5.91 Å². The standard InChI is InChI=1S/C22H21NO3/c1-25-19-8-4-7-16(15-19)20-9-5-12-23(20)22(24)18-11-13-26-21-10-3-2-6-17(21)14-18/h2-4,6-8,10-11,13-15,20H,5,9,12H2,1H3. The third-order valence-corrected chi connectivity index (χ3v) is 4.91. The molecule has 26 heavy (non-hydrogen) atoms. The molecule has 0 aliphatic carbocycles. The number of hydrogen-bond acceptors (Lipinski definition) is 3. The van der Waals surface area contributed by atoms with E-state index >= 15 is 0 Å². The molecule has 2 heterocycles. The number of ether oxygens (including phenoxy) is 2. The van der Waals surface area contributed by atoms with Gasteiger partial charge in [-0.1, -0.05) is 30.3 Å². The number of likely N-dealkylation sites (tertiary alicyclic amines) is 1. The van der Waals surface area contributed by atoms with Crippen LogP contribution >= 0.6 is 0 Å². The van der Waals surface area contributed by atoms with Crippen LogP contribution in [0, 0.1) is 0 Å². The minimum atomic E-state index is 0.0341. The Hall–Kier alpha value is -3.01. The fraction of sp³-hybridized carbons (Fsp3) is 0.227. The van der Waals surface area contributed by atoms with Crippen molar-refractivity contribution in [1.29, 1.82) is 0 Å². The summed E-state index contributed by atoms with van der Waals surface area (Å²) in [6, 6.07) is 15.8. The molecule has 2 aromatic carbocycles. The van der Waals surface area contributed by atoms with Crippen molar-refractivity contribution in [3.63, 3.8) is 0 Å². The molecule has 1 unspecified atom stereocenters. The number of fused-ring (bicyclic) bond motifs is 1. The quantitative estimate of drug-likeness (QED) is 0.829. The van der Waals surface area contributed by atoms with E-state index in [0.29, 0.717) is 5.57 Å². The van der Waals surface area contributed by atoms with Gasteiger partial charge in [-0.2, -0.15) is 0 Å². The summed E-state index contributed by atoms with van der Waals surface area (Å²) in [5.41, 5.74) is 2.67. The van der Waals surface area contributed by atoms with Crippen molar-refractivity contribution in [2.75, 3.05) is 13.7 Å². The molecule has 0 N–H and O–H groups in total. The number of hydrogen-bond donors (Lipinski definition) is 0. The fourth-order valence-corrected chi connectivity index (χ4v) is 3.61. The number of carbonyl (C=O) groups excluding carboxylic acids is 1. The van der Waals surface area contributed by atoms with Crippen LogP contribution in [-0.2, 0) is 4.79 Å². The molecule has 1 saturated heterocycles. The lowest BCUT2D eigenvalue weighted by Gasteiger charge is -2.25. The van der Waals surface area contributed by atoms with Crippen LogP contribution in [0.25, 0.3) is 6.08 Å². The van der Waals surface area contributed by atoms with Crippen LogP contribution in [0.4, 0.5) is 0 Å². The lowest BCUT2D eigenvalue weighted by atomic mass is 10.0. The maximum Gasteiger partial charge on any atom is 0.254 e. The molecule has 2 aliphatic rings. The minimum absolute atomic E-state index is 0.0341. The highest BCUT2D eigenvalue weighted by molar-refractivity contribution is 6.01. The molecule has 1 fully saturated rings. The largest absolute Gasteiger partial charge is 0.497 e. The summed E-state index contributed by atoms with van der Waals surface area (Å²) < 4.78 is 11.0. The molecule has 0 aromatic heterocycles. The van der Waals surface area contributed by atoms with Gasteiger partial charge in [-0.25, -0.2) is 0 Å². The molecule has 1 atom stereocenters. The first-order valence-corrected chi connectivity index (χ1v) is 8.85. The van der Waals surface area contributed by atoms with E-state index in [1.807, 2.05) is 53.4 Å². The van der Waals surface area contributed by atoms with E-state index in [4.69, 9.17) is 9.47 Å². The van der Waals surface area contributed by atoms with Gasteiger partial charge < -0.3 is 14.4 Å². The van der Waals surface area contributed by atoms with Gasteiger partial charge >= 0.3 is 0 Å². The Morgan fingerprint density at radius 1 is 1.19 bits per heavy atom. The third-order valence-electron chi connectivity index (χ3n) is 4.91. The molecule has 2 aliphatic heterocycles. The van der Waals surface area contributed by atoms with Gasteiger partial charge in [0.05, 0.1) is 19.4 Å². The molecular weight excluding hydrogens is 326 g/mol. The summed E-state index contributed by atoms with van der Waals surface area (Å²) in [6.45, 7) is 0.758. The highest BCUT2D eigenvalue weighted by Crippen LogP contribution is 2.35. The highest BCUT2D eigenvalue weighted by atomic mass is 16.5. The summed E-state index contributed by atoms with van der Waals surface area (Å²) in [7, 11) is 1.66. The number of para-hydroxylation sites is 1. The van der Waals surface area contributed by atoms with Crippen LogP contribution in [0.3, 0.4) is 0 Å². The van der Waals surface area contributed by atoms with E-state index in [9.17, 15) is 4.79 Å². The molecule has 0 saturated carbocycles. The molecular formula is C22H21NO3. The number of carbonyl (C=O) groups is 1. The van der Waals surface area contributed by atoms with E-state index in [1.54, 1.807) is 19.4 Å². The van der Waals surface area contributed by atoms with Crippen molar-refractivity contribution in [1.82, 2.24) is 4.90 Å². The average Bonchev–Trinajstić information content (AvgIpc) is 3.07. The molecule has 4 heteroatoms. The van der Waals surface area contributed by atoms with Gasteiger partial charge in [0.15, 0.2) is 0 Å². The van der Waals surface area contributed by atoms with Gasteiger partial charge in [-0.3, -0.25) is 4.79 Å². The van der Waals surface area contributed by atoms with Crippen LogP contribution in [-0.4, -0.2) is 24.5 Å². The minimum Gasteiger partial charge on any atom is -0.497 e. The lowest BCUT2D eigenvalue weighted by Crippen LogP contribution is -2.31. The third kappa shape index (κ3) is 3.10. The summed E-state index contributed by atoms with van der Waals surface area (Å²) >= 11 is 0. The first-order chi connectivity index (χ1) is 12.8. The summed E-state index contributed by atoms with van der Waals surface area (Å²) in [4.78, 5) is 15.2. The predicted molar refractivity (Wildman–Crippen MR) is 101 cm³/mol. The second-order valence-electron chi connectivity index (χ2n) is 6.49. The zero-order chi connectivity index (χ0) is 17.9. The smallest absolute Gasteiger partial charge is 0.254 e. The highest BCUT2D eigenvalue weighted by Gasteiger charge is 2.31. The van der Waals surface area contributed by atoms with E-state index < -0.39 is 0 Å².